The first kappa shape index (κ1) is 15.8. The summed E-state index contributed by atoms with van der Waals surface area (Å²) in [4.78, 5) is 24.9. The summed E-state index contributed by atoms with van der Waals surface area (Å²) in [5.74, 6) is -1.47. The molecular weight excluding hydrogens is 284 g/mol. The smallest absolute Gasteiger partial charge is 0.308 e. The number of nitrogens with zero attached hydrogens (tertiary/aromatic N) is 2. The maximum absolute atomic E-state index is 12.6. The second-order valence-corrected chi connectivity index (χ2v) is 5.25. The highest BCUT2D eigenvalue weighted by Gasteiger charge is 2.26. The number of aromatic nitrogens is 1. The largest absolute Gasteiger partial charge is 0.481 e. The highest BCUT2D eigenvalue weighted by Crippen LogP contribution is 2.26. The van der Waals surface area contributed by atoms with Crippen molar-refractivity contribution in [2.75, 3.05) is 13.6 Å². The topological polar surface area (TPSA) is 83.6 Å². The standard InChI is InChI=1S/C16H18N2O4/c1-10(16(20)21)9-18(3)15(19)13-11(2)22-17-14(13)12-7-5-4-6-8-12/h4-8,10H,9H2,1-3H3,(H,20,21). The molecular formula is C16H18N2O4. The highest BCUT2D eigenvalue weighted by atomic mass is 16.5. The van der Waals surface area contributed by atoms with Crippen molar-refractivity contribution in [2.24, 2.45) is 5.92 Å². The van der Waals surface area contributed by atoms with Crippen molar-refractivity contribution in [1.82, 2.24) is 10.1 Å². The first-order chi connectivity index (χ1) is 10.4. The van der Waals surface area contributed by atoms with Gasteiger partial charge in [-0.1, -0.05) is 42.4 Å². The van der Waals surface area contributed by atoms with E-state index in [0.29, 0.717) is 17.0 Å². The Balaban J connectivity index is 2.31. The lowest BCUT2D eigenvalue weighted by Crippen LogP contribution is -2.34. The number of carbonyl (C=O) groups excluding carboxylic acids is 1. The van der Waals surface area contributed by atoms with E-state index in [-0.39, 0.29) is 12.5 Å². The van der Waals surface area contributed by atoms with Crippen LogP contribution in [0.1, 0.15) is 23.0 Å². The van der Waals surface area contributed by atoms with Crippen molar-refractivity contribution in [3.8, 4) is 11.3 Å². The van der Waals surface area contributed by atoms with E-state index < -0.39 is 11.9 Å². The predicted molar refractivity (Wildman–Crippen MR) is 80.4 cm³/mol. The molecule has 2 rings (SSSR count). The van der Waals surface area contributed by atoms with Crippen molar-refractivity contribution in [1.29, 1.82) is 0 Å². The van der Waals surface area contributed by atoms with Crippen molar-refractivity contribution >= 4 is 11.9 Å². The first-order valence-corrected chi connectivity index (χ1v) is 6.91. The van der Waals surface area contributed by atoms with Crippen LogP contribution >= 0.6 is 0 Å². The Bertz CT molecular complexity index is 679. The Hall–Kier alpha value is -2.63. The van der Waals surface area contributed by atoms with Gasteiger partial charge in [0.2, 0.25) is 0 Å². The molecule has 1 heterocycles. The molecule has 6 nitrogen and oxygen atoms in total. The Morgan fingerprint density at radius 2 is 1.95 bits per heavy atom. The van der Waals surface area contributed by atoms with Gasteiger partial charge in [-0.2, -0.15) is 0 Å². The number of carboxylic acid groups (broad SMARTS) is 1. The molecule has 1 atom stereocenters. The zero-order valence-corrected chi connectivity index (χ0v) is 12.7. The maximum atomic E-state index is 12.6. The van der Waals surface area contributed by atoms with Gasteiger partial charge in [-0.25, -0.2) is 0 Å². The van der Waals surface area contributed by atoms with Gasteiger partial charge in [0.1, 0.15) is 17.0 Å². The van der Waals surface area contributed by atoms with E-state index in [4.69, 9.17) is 9.63 Å². The molecule has 1 aromatic carbocycles. The molecule has 0 fully saturated rings. The summed E-state index contributed by atoms with van der Waals surface area (Å²) in [6.45, 7) is 3.35. The molecule has 0 radical (unpaired) electrons. The van der Waals surface area contributed by atoms with Crippen LogP contribution in [0.25, 0.3) is 11.3 Å². The molecule has 116 valence electrons. The summed E-state index contributed by atoms with van der Waals surface area (Å²) in [5.41, 5.74) is 1.62. The quantitative estimate of drug-likeness (QED) is 0.917. The molecule has 0 bridgehead atoms. The fourth-order valence-electron chi connectivity index (χ4n) is 2.18. The van der Waals surface area contributed by atoms with Crippen LogP contribution in [0.2, 0.25) is 0 Å². The molecule has 0 aliphatic carbocycles. The number of carboxylic acids is 1. The molecule has 1 N–H and O–H groups in total. The monoisotopic (exact) mass is 302 g/mol. The van der Waals surface area contributed by atoms with Gasteiger partial charge in [-0.3, -0.25) is 9.59 Å². The SMILES string of the molecule is Cc1onc(-c2ccccc2)c1C(=O)N(C)CC(C)C(=O)O. The van der Waals surface area contributed by atoms with Crippen LogP contribution in [0.4, 0.5) is 0 Å². The van der Waals surface area contributed by atoms with Gasteiger partial charge in [0, 0.05) is 19.2 Å². The number of rotatable bonds is 5. The van der Waals surface area contributed by atoms with E-state index >= 15 is 0 Å². The number of hydrogen-bond acceptors (Lipinski definition) is 4. The number of amides is 1. The molecule has 0 spiro atoms. The highest BCUT2D eigenvalue weighted by molar-refractivity contribution is 6.00. The molecule has 22 heavy (non-hydrogen) atoms. The van der Waals surface area contributed by atoms with Crippen molar-refractivity contribution < 1.29 is 19.2 Å². The van der Waals surface area contributed by atoms with Crippen LogP contribution in [0.5, 0.6) is 0 Å². The summed E-state index contributed by atoms with van der Waals surface area (Å²) in [5, 5.41) is 12.9. The van der Waals surface area contributed by atoms with E-state index in [2.05, 4.69) is 5.16 Å². The van der Waals surface area contributed by atoms with Gasteiger partial charge >= 0.3 is 5.97 Å². The number of carbonyl (C=O) groups is 2. The summed E-state index contributed by atoms with van der Waals surface area (Å²) in [6.07, 6.45) is 0. The lowest BCUT2D eigenvalue weighted by atomic mass is 10.0. The van der Waals surface area contributed by atoms with E-state index in [9.17, 15) is 9.59 Å². The molecule has 1 amide bonds. The zero-order chi connectivity index (χ0) is 16.3. The Morgan fingerprint density at radius 3 is 2.55 bits per heavy atom. The Morgan fingerprint density at radius 1 is 1.32 bits per heavy atom. The summed E-state index contributed by atoms with van der Waals surface area (Å²) < 4.78 is 5.16. The third-order valence-corrected chi connectivity index (χ3v) is 3.44. The van der Waals surface area contributed by atoms with E-state index in [1.807, 2.05) is 30.3 Å². The van der Waals surface area contributed by atoms with Crippen molar-refractivity contribution in [3.63, 3.8) is 0 Å². The molecule has 0 aliphatic heterocycles. The van der Waals surface area contributed by atoms with Gasteiger partial charge in [-0.15, -0.1) is 0 Å². The normalized spacial score (nSPS) is 12.0. The van der Waals surface area contributed by atoms with Gasteiger partial charge in [-0.05, 0) is 6.92 Å². The van der Waals surface area contributed by atoms with Crippen molar-refractivity contribution in [3.05, 3.63) is 41.7 Å². The minimum Gasteiger partial charge on any atom is -0.481 e. The lowest BCUT2D eigenvalue weighted by molar-refractivity contribution is -0.141. The Labute approximate surface area is 128 Å². The van der Waals surface area contributed by atoms with Gasteiger partial charge in [0.05, 0.1) is 5.92 Å². The molecule has 0 saturated carbocycles. The van der Waals surface area contributed by atoms with Crippen LogP contribution in [0.3, 0.4) is 0 Å². The summed E-state index contributed by atoms with van der Waals surface area (Å²) in [6, 6.07) is 9.26. The first-order valence-electron chi connectivity index (χ1n) is 6.91. The van der Waals surface area contributed by atoms with Gasteiger partial charge in [0.15, 0.2) is 0 Å². The predicted octanol–water partition coefficient (Wildman–Crippen LogP) is 2.44. The third kappa shape index (κ3) is 3.16. The van der Waals surface area contributed by atoms with Crippen molar-refractivity contribution in [2.45, 2.75) is 13.8 Å². The number of aliphatic carboxylic acids is 1. The van der Waals surface area contributed by atoms with Crippen LogP contribution in [0.15, 0.2) is 34.9 Å². The molecule has 1 unspecified atom stereocenters. The number of hydrogen-bond donors (Lipinski definition) is 1. The average Bonchev–Trinajstić information content (AvgIpc) is 2.88. The average molecular weight is 302 g/mol. The van der Waals surface area contributed by atoms with E-state index in [1.54, 1.807) is 20.9 Å². The summed E-state index contributed by atoms with van der Waals surface area (Å²) >= 11 is 0. The fourth-order valence-corrected chi connectivity index (χ4v) is 2.18. The van der Waals surface area contributed by atoms with Gasteiger partial charge < -0.3 is 14.5 Å². The Kier molecular flexibility index (Phi) is 4.60. The maximum Gasteiger partial charge on any atom is 0.308 e. The van der Waals surface area contributed by atoms with Gasteiger partial charge in [0.25, 0.3) is 5.91 Å². The number of benzene rings is 1. The summed E-state index contributed by atoms with van der Waals surface area (Å²) in [7, 11) is 1.57. The molecule has 0 aliphatic rings. The van der Waals surface area contributed by atoms with Crippen LogP contribution in [-0.4, -0.2) is 40.6 Å². The fraction of sp³-hybridized carbons (Fsp3) is 0.312. The third-order valence-electron chi connectivity index (χ3n) is 3.44. The molecule has 1 aromatic heterocycles. The second-order valence-electron chi connectivity index (χ2n) is 5.25. The van der Waals surface area contributed by atoms with Crippen LogP contribution in [0, 0.1) is 12.8 Å². The van der Waals surface area contributed by atoms with Crippen LogP contribution < -0.4 is 0 Å². The van der Waals surface area contributed by atoms with Crippen LogP contribution in [-0.2, 0) is 4.79 Å². The lowest BCUT2D eigenvalue weighted by Gasteiger charge is -2.19. The second kappa shape index (κ2) is 6.43. The zero-order valence-electron chi connectivity index (χ0n) is 12.7. The molecule has 0 saturated heterocycles. The minimum atomic E-state index is -0.940. The molecule has 6 heteroatoms. The minimum absolute atomic E-state index is 0.118. The van der Waals surface area contributed by atoms with E-state index in [0.717, 1.165) is 5.56 Å². The molecule has 2 aromatic rings. The number of aryl methyl sites for hydroxylation is 1. The van der Waals surface area contributed by atoms with E-state index in [1.165, 1.54) is 4.90 Å².